The second kappa shape index (κ2) is 5.64. The van der Waals surface area contributed by atoms with Crippen molar-refractivity contribution in [1.29, 1.82) is 0 Å². The maximum absolute atomic E-state index is 6.21. The standard InChI is InChI=1S/C18H26BBrO2/c1-6-12-8-7-9-13-10-14(11-15(20)16(12)13)19-21-17(2,3)18(4,5)22-19/h10-12H,6-9H2,1-5H3. The molecule has 0 radical (unpaired) electrons. The molecular formula is C18H26BBrO2. The van der Waals surface area contributed by atoms with E-state index in [-0.39, 0.29) is 18.3 Å². The highest BCUT2D eigenvalue weighted by atomic mass is 79.9. The predicted octanol–water partition coefficient (Wildman–Crippen LogP) is 4.58. The number of hydrogen-bond donors (Lipinski definition) is 0. The Labute approximate surface area is 143 Å². The Bertz CT molecular complexity index is 567. The fourth-order valence-corrected chi connectivity index (χ4v) is 4.41. The van der Waals surface area contributed by atoms with E-state index >= 15 is 0 Å². The first-order valence-corrected chi connectivity index (χ1v) is 9.22. The van der Waals surface area contributed by atoms with Gasteiger partial charge in [0.2, 0.25) is 0 Å². The monoisotopic (exact) mass is 364 g/mol. The lowest BCUT2D eigenvalue weighted by atomic mass is 9.74. The van der Waals surface area contributed by atoms with Crippen molar-refractivity contribution in [3.63, 3.8) is 0 Å². The highest BCUT2D eigenvalue weighted by Gasteiger charge is 2.51. The summed E-state index contributed by atoms with van der Waals surface area (Å²) in [6.07, 6.45) is 4.96. The van der Waals surface area contributed by atoms with Gasteiger partial charge in [0.05, 0.1) is 11.2 Å². The van der Waals surface area contributed by atoms with Gasteiger partial charge in [-0.2, -0.15) is 0 Å². The third-order valence-corrected chi connectivity index (χ3v) is 6.32. The van der Waals surface area contributed by atoms with E-state index in [0.717, 1.165) is 11.9 Å². The molecule has 1 aromatic rings. The Hall–Kier alpha value is -0.315. The van der Waals surface area contributed by atoms with Crippen LogP contribution in [0.3, 0.4) is 0 Å². The van der Waals surface area contributed by atoms with Crippen LogP contribution in [0.2, 0.25) is 0 Å². The molecule has 1 atom stereocenters. The summed E-state index contributed by atoms with van der Waals surface area (Å²) in [5.74, 6) is 0.686. The molecular weight excluding hydrogens is 339 g/mol. The van der Waals surface area contributed by atoms with Crippen LogP contribution >= 0.6 is 15.9 Å². The molecule has 0 aromatic heterocycles. The van der Waals surface area contributed by atoms with Crippen LogP contribution in [-0.2, 0) is 15.7 Å². The number of fused-ring (bicyclic) bond motifs is 1. The molecule has 1 saturated heterocycles. The largest absolute Gasteiger partial charge is 0.494 e. The van der Waals surface area contributed by atoms with Gasteiger partial charge in [-0.1, -0.05) is 28.9 Å². The van der Waals surface area contributed by atoms with Crippen LogP contribution < -0.4 is 5.46 Å². The molecule has 3 rings (SSSR count). The van der Waals surface area contributed by atoms with E-state index in [4.69, 9.17) is 9.31 Å². The van der Waals surface area contributed by atoms with Crippen LogP contribution in [0.25, 0.3) is 0 Å². The molecule has 4 heteroatoms. The second-order valence-electron chi connectivity index (χ2n) is 7.66. The minimum Gasteiger partial charge on any atom is -0.399 e. The fourth-order valence-electron chi connectivity index (χ4n) is 3.57. The number of benzene rings is 1. The van der Waals surface area contributed by atoms with Crippen LogP contribution in [-0.4, -0.2) is 18.3 Å². The molecule has 0 bridgehead atoms. The Morgan fingerprint density at radius 2 is 1.82 bits per heavy atom. The third kappa shape index (κ3) is 2.68. The smallest absolute Gasteiger partial charge is 0.399 e. The van der Waals surface area contributed by atoms with Gasteiger partial charge < -0.3 is 9.31 Å². The zero-order chi connectivity index (χ0) is 16.1. The molecule has 120 valence electrons. The SMILES string of the molecule is CCC1CCCc2cc(B3OC(C)(C)C(C)(C)O3)cc(Br)c21. The maximum atomic E-state index is 6.21. The normalized spacial score (nSPS) is 26.1. The molecule has 0 N–H and O–H groups in total. The van der Waals surface area contributed by atoms with Crippen molar-refractivity contribution in [2.45, 2.75) is 77.4 Å². The van der Waals surface area contributed by atoms with Gasteiger partial charge in [-0.15, -0.1) is 0 Å². The molecule has 1 aliphatic carbocycles. The van der Waals surface area contributed by atoms with Crippen LogP contribution in [0, 0.1) is 0 Å². The molecule has 1 unspecified atom stereocenters. The molecule has 1 aromatic carbocycles. The van der Waals surface area contributed by atoms with E-state index < -0.39 is 0 Å². The first-order valence-electron chi connectivity index (χ1n) is 8.43. The van der Waals surface area contributed by atoms with E-state index in [1.807, 2.05) is 0 Å². The minimum absolute atomic E-state index is 0.270. The van der Waals surface area contributed by atoms with Gasteiger partial charge in [-0.25, -0.2) is 0 Å². The van der Waals surface area contributed by atoms with Gasteiger partial charge in [0.15, 0.2) is 0 Å². The van der Waals surface area contributed by atoms with Crippen molar-refractivity contribution >= 4 is 28.5 Å². The van der Waals surface area contributed by atoms with Crippen LogP contribution in [0.5, 0.6) is 0 Å². The summed E-state index contributed by atoms with van der Waals surface area (Å²) in [5, 5.41) is 0. The number of rotatable bonds is 2. The number of hydrogen-bond acceptors (Lipinski definition) is 2. The number of halogens is 1. The Kier molecular flexibility index (Phi) is 4.24. The van der Waals surface area contributed by atoms with Crippen LogP contribution in [0.15, 0.2) is 16.6 Å². The van der Waals surface area contributed by atoms with Crippen molar-refractivity contribution in [2.24, 2.45) is 0 Å². The lowest BCUT2D eigenvalue weighted by molar-refractivity contribution is 0.00578. The minimum atomic E-state index is -0.286. The summed E-state index contributed by atoms with van der Waals surface area (Å²) in [6, 6.07) is 4.51. The molecule has 0 saturated carbocycles. The average molecular weight is 365 g/mol. The van der Waals surface area contributed by atoms with E-state index in [1.165, 1.54) is 34.9 Å². The first kappa shape index (κ1) is 16.5. The topological polar surface area (TPSA) is 18.5 Å². The van der Waals surface area contributed by atoms with Gasteiger partial charge >= 0.3 is 7.12 Å². The van der Waals surface area contributed by atoms with Crippen molar-refractivity contribution in [3.05, 3.63) is 27.7 Å². The fraction of sp³-hybridized carbons (Fsp3) is 0.667. The summed E-state index contributed by atoms with van der Waals surface area (Å²) in [4.78, 5) is 0. The molecule has 22 heavy (non-hydrogen) atoms. The molecule has 1 aliphatic heterocycles. The summed E-state index contributed by atoms with van der Waals surface area (Å²) < 4.78 is 13.6. The predicted molar refractivity (Wildman–Crippen MR) is 95.8 cm³/mol. The number of aryl methyl sites for hydroxylation is 1. The van der Waals surface area contributed by atoms with E-state index in [1.54, 1.807) is 0 Å². The second-order valence-corrected chi connectivity index (χ2v) is 8.52. The zero-order valence-corrected chi connectivity index (χ0v) is 15.9. The van der Waals surface area contributed by atoms with Gasteiger partial charge in [-0.3, -0.25) is 0 Å². The molecule has 2 nitrogen and oxygen atoms in total. The molecule has 0 amide bonds. The van der Waals surface area contributed by atoms with Crippen molar-refractivity contribution in [1.82, 2.24) is 0 Å². The zero-order valence-electron chi connectivity index (χ0n) is 14.3. The Morgan fingerprint density at radius 3 is 2.41 bits per heavy atom. The van der Waals surface area contributed by atoms with E-state index in [0.29, 0.717) is 5.92 Å². The van der Waals surface area contributed by atoms with E-state index in [2.05, 4.69) is 62.7 Å². The summed E-state index contributed by atoms with van der Waals surface area (Å²) in [7, 11) is -0.270. The first-order chi connectivity index (χ1) is 10.2. The van der Waals surface area contributed by atoms with Gasteiger partial charge in [0.1, 0.15) is 0 Å². The maximum Gasteiger partial charge on any atom is 0.494 e. The molecule has 1 fully saturated rings. The van der Waals surface area contributed by atoms with Crippen molar-refractivity contribution in [3.8, 4) is 0 Å². The highest BCUT2D eigenvalue weighted by molar-refractivity contribution is 9.10. The molecule has 0 spiro atoms. The lowest BCUT2D eigenvalue weighted by Gasteiger charge is -2.32. The van der Waals surface area contributed by atoms with Crippen LogP contribution in [0.4, 0.5) is 0 Å². The Balaban J connectivity index is 1.96. The van der Waals surface area contributed by atoms with Crippen molar-refractivity contribution < 1.29 is 9.31 Å². The van der Waals surface area contributed by atoms with Gasteiger partial charge in [-0.05, 0) is 82.0 Å². The summed E-state index contributed by atoms with van der Waals surface area (Å²) >= 11 is 3.81. The lowest BCUT2D eigenvalue weighted by Crippen LogP contribution is -2.41. The van der Waals surface area contributed by atoms with Gasteiger partial charge in [0, 0.05) is 4.47 Å². The van der Waals surface area contributed by atoms with Crippen molar-refractivity contribution in [2.75, 3.05) is 0 Å². The highest BCUT2D eigenvalue weighted by Crippen LogP contribution is 2.40. The van der Waals surface area contributed by atoms with Crippen LogP contribution in [0.1, 0.15) is 70.9 Å². The quantitative estimate of drug-likeness (QED) is 0.715. The summed E-state index contributed by atoms with van der Waals surface area (Å²) in [6.45, 7) is 10.7. The molecule has 2 aliphatic rings. The third-order valence-electron chi connectivity index (χ3n) is 5.66. The molecule has 1 heterocycles. The summed E-state index contributed by atoms with van der Waals surface area (Å²) in [5.41, 5.74) is 3.55. The average Bonchev–Trinajstić information content (AvgIpc) is 2.66. The van der Waals surface area contributed by atoms with E-state index in [9.17, 15) is 0 Å². The Morgan fingerprint density at radius 1 is 1.18 bits per heavy atom. The van der Waals surface area contributed by atoms with Gasteiger partial charge in [0.25, 0.3) is 0 Å².